The molecule has 1 aromatic carbocycles. The Kier molecular flexibility index (Phi) is 4.14. The fourth-order valence-corrected chi connectivity index (χ4v) is 4.57. The van der Waals surface area contributed by atoms with Crippen LogP contribution in [0.3, 0.4) is 0 Å². The summed E-state index contributed by atoms with van der Waals surface area (Å²) in [7, 11) is 0. The van der Waals surface area contributed by atoms with Crippen LogP contribution in [0.25, 0.3) is 0 Å². The largest absolute Gasteiger partial charge is 0.336 e. The van der Waals surface area contributed by atoms with Crippen LogP contribution in [-0.4, -0.2) is 40.3 Å². The van der Waals surface area contributed by atoms with E-state index in [1.54, 1.807) is 0 Å². The van der Waals surface area contributed by atoms with Gasteiger partial charge in [0.25, 0.3) is 0 Å². The maximum Gasteiger partial charge on any atom is 0.237 e. The number of benzene rings is 1. The highest BCUT2D eigenvalue weighted by Crippen LogP contribution is 2.28. The maximum atomic E-state index is 12.4. The summed E-state index contributed by atoms with van der Waals surface area (Å²) >= 11 is 1.84. The number of amides is 1. The van der Waals surface area contributed by atoms with Crippen LogP contribution in [0.4, 0.5) is 0 Å². The van der Waals surface area contributed by atoms with Crippen molar-refractivity contribution in [3.8, 4) is 0 Å². The molecular formula is C18H21N3OS. The van der Waals surface area contributed by atoms with Crippen LogP contribution in [-0.2, 0) is 30.7 Å². The topological polar surface area (TPSA) is 36.4 Å². The van der Waals surface area contributed by atoms with Gasteiger partial charge in [0.1, 0.15) is 5.01 Å². The Morgan fingerprint density at radius 1 is 1.09 bits per heavy atom. The molecule has 0 bridgehead atoms. The van der Waals surface area contributed by atoms with Gasteiger partial charge in [-0.2, -0.15) is 0 Å². The summed E-state index contributed by atoms with van der Waals surface area (Å²) in [5, 5.41) is 1.18. The third-order valence-electron chi connectivity index (χ3n) is 4.61. The zero-order valence-corrected chi connectivity index (χ0v) is 14.0. The van der Waals surface area contributed by atoms with Crippen molar-refractivity contribution >= 4 is 17.2 Å². The summed E-state index contributed by atoms with van der Waals surface area (Å²) in [6.45, 7) is 3.79. The maximum absolute atomic E-state index is 12.4. The van der Waals surface area contributed by atoms with E-state index >= 15 is 0 Å². The van der Waals surface area contributed by atoms with Gasteiger partial charge in [-0.15, -0.1) is 11.3 Å². The average Bonchev–Trinajstić information content (AvgIpc) is 3.12. The first-order chi connectivity index (χ1) is 11.3. The smallest absolute Gasteiger partial charge is 0.237 e. The predicted octanol–water partition coefficient (Wildman–Crippen LogP) is 2.48. The standard InChI is InChI=1S/C18H21N3OS/c22-18-13-20(12-17-19-15-7-4-8-16(15)23-17)9-10-21(18)11-14-5-2-1-3-6-14/h1-3,5-6H,4,7-13H2. The minimum Gasteiger partial charge on any atom is -0.336 e. The van der Waals surface area contributed by atoms with Crippen molar-refractivity contribution in [1.29, 1.82) is 0 Å². The van der Waals surface area contributed by atoms with Crippen LogP contribution in [0.1, 0.15) is 27.6 Å². The summed E-state index contributed by atoms with van der Waals surface area (Å²) in [5.74, 6) is 0.226. The second-order valence-corrected chi connectivity index (χ2v) is 7.51. The highest BCUT2D eigenvalue weighted by Gasteiger charge is 2.25. The van der Waals surface area contributed by atoms with Gasteiger partial charge in [-0.25, -0.2) is 4.98 Å². The lowest BCUT2D eigenvalue weighted by molar-refractivity contribution is -0.136. The molecule has 0 unspecified atom stereocenters. The Bertz CT molecular complexity index is 676. The SMILES string of the molecule is O=C1CN(Cc2nc3c(s2)CCC3)CCN1Cc1ccccc1. The van der Waals surface area contributed by atoms with Gasteiger partial charge in [0.05, 0.1) is 18.8 Å². The summed E-state index contributed by atoms with van der Waals surface area (Å²) in [6, 6.07) is 10.2. The summed E-state index contributed by atoms with van der Waals surface area (Å²) in [6.07, 6.45) is 3.58. The van der Waals surface area contributed by atoms with E-state index in [-0.39, 0.29) is 5.91 Å². The third-order valence-corrected chi connectivity index (χ3v) is 5.75. The van der Waals surface area contributed by atoms with Crippen LogP contribution >= 0.6 is 11.3 Å². The molecule has 1 saturated heterocycles. The molecule has 0 saturated carbocycles. The zero-order valence-electron chi connectivity index (χ0n) is 13.2. The predicted molar refractivity (Wildman–Crippen MR) is 91.3 cm³/mol. The van der Waals surface area contributed by atoms with Gasteiger partial charge >= 0.3 is 0 Å². The van der Waals surface area contributed by atoms with E-state index in [4.69, 9.17) is 4.98 Å². The number of piperazine rings is 1. The van der Waals surface area contributed by atoms with Crippen molar-refractivity contribution in [2.45, 2.75) is 32.4 Å². The van der Waals surface area contributed by atoms with Gasteiger partial charge in [0, 0.05) is 24.5 Å². The van der Waals surface area contributed by atoms with Gasteiger partial charge in [0.15, 0.2) is 0 Å². The Labute approximate surface area is 140 Å². The summed E-state index contributed by atoms with van der Waals surface area (Å²) in [5.41, 5.74) is 2.50. The van der Waals surface area contributed by atoms with Crippen LogP contribution < -0.4 is 0 Å². The van der Waals surface area contributed by atoms with Gasteiger partial charge in [-0.1, -0.05) is 30.3 Å². The molecular weight excluding hydrogens is 306 g/mol. The monoisotopic (exact) mass is 327 g/mol. The van der Waals surface area contributed by atoms with Crippen LogP contribution in [0, 0.1) is 0 Å². The van der Waals surface area contributed by atoms with Gasteiger partial charge in [-0.3, -0.25) is 9.69 Å². The molecule has 2 aromatic rings. The molecule has 2 aliphatic rings. The quantitative estimate of drug-likeness (QED) is 0.866. The molecule has 1 aromatic heterocycles. The van der Waals surface area contributed by atoms with Crippen molar-refractivity contribution in [3.05, 3.63) is 51.5 Å². The van der Waals surface area contributed by atoms with E-state index in [1.807, 2.05) is 34.4 Å². The molecule has 23 heavy (non-hydrogen) atoms. The summed E-state index contributed by atoms with van der Waals surface area (Å²) < 4.78 is 0. The number of rotatable bonds is 4. The number of fused-ring (bicyclic) bond motifs is 1. The number of carbonyl (C=O) groups excluding carboxylic acids is 1. The number of nitrogens with zero attached hydrogens (tertiary/aromatic N) is 3. The third kappa shape index (κ3) is 3.31. The van der Waals surface area contributed by atoms with Crippen molar-refractivity contribution < 1.29 is 4.79 Å². The van der Waals surface area contributed by atoms with Crippen LogP contribution in [0.15, 0.2) is 30.3 Å². The lowest BCUT2D eigenvalue weighted by Crippen LogP contribution is -2.49. The molecule has 1 fully saturated rings. The first kappa shape index (κ1) is 14.8. The Morgan fingerprint density at radius 3 is 2.74 bits per heavy atom. The lowest BCUT2D eigenvalue weighted by atomic mass is 10.2. The highest BCUT2D eigenvalue weighted by atomic mass is 32.1. The van der Waals surface area contributed by atoms with Crippen molar-refractivity contribution in [2.24, 2.45) is 0 Å². The number of hydrogen-bond donors (Lipinski definition) is 0. The number of carbonyl (C=O) groups is 1. The van der Waals surface area contributed by atoms with Gasteiger partial charge < -0.3 is 4.90 Å². The van der Waals surface area contributed by atoms with E-state index in [9.17, 15) is 4.79 Å². The van der Waals surface area contributed by atoms with Gasteiger partial charge in [0.2, 0.25) is 5.91 Å². The van der Waals surface area contributed by atoms with Crippen molar-refractivity contribution in [3.63, 3.8) is 0 Å². The zero-order chi connectivity index (χ0) is 15.6. The van der Waals surface area contributed by atoms with E-state index in [1.165, 1.54) is 34.0 Å². The van der Waals surface area contributed by atoms with E-state index in [0.29, 0.717) is 6.54 Å². The fourth-order valence-electron chi connectivity index (χ4n) is 3.37. The minimum absolute atomic E-state index is 0.226. The molecule has 0 spiro atoms. The van der Waals surface area contributed by atoms with Gasteiger partial charge in [-0.05, 0) is 24.8 Å². The second-order valence-electron chi connectivity index (χ2n) is 6.34. The second kappa shape index (κ2) is 6.42. The summed E-state index contributed by atoms with van der Waals surface area (Å²) in [4.78, 5) is 22.8. The molecule has 2 heterocycles. The Hall–Kier alpha value is -1.72. The normalized spacial score (nSPS) is 18.4. The van der Waals surface area contributed by atoms with Crippen molar-refractivity contribution in [1.82, 2.24) is 14.8 Å². The first-order valence-electron chi connectivity index (χ1n) is 8.29. The van der Waals surface area contributed by atoms with E-state index < -0.39 is 0 Å². The fraction of sp³-hybridized carbons (Fsp3) is 0.444. The molecule has 0 radical (unpaired) electrons. The molecule has 1 aliphatic carbocycles. The van der Waals surface area contributed by atoms with Crippen LogP contribution in [0.5, 0.6) is 0 Å². The number of aromatic nitrogens is 1. The molecule has 1 amide bonds. The minimum atomic E-state index is 0.226. The molecule has 120 valence electrons. The van der Waals surface area contributed by atoms with Crippen LogP contribution in [0.2, 0.25) is 0 Å². The Morgan fingerprint density at radius 2 is 1.96 bits per heavy atom. The Balaban J connectivity index is 1.34. The molecule has 1 aliphatic heterocycles. The highest BCUT2D eigenvalue weighted by molar-refractivity contribution is 7.11. The number of hydrogen-bond acceptors (Lipinski definition) is 4. The molecule has 0 atom stereocenters. The molecule has 5 heteroatoms. The number of thiazole rings is 1. The lowest BCUT2D eigenvalue weighted by Gasteiger charge is -2.34. The first-order valence-corrected chi connectivity index (χ1v) is 9.11. The molecule has 4 rings (SSSR count). The van der Waals surface area contributed by atoms with Crippen molar-refractivity contribution in [2.75, 3.05) is 19.6 Å². The molecule has 0 N–H and O–H groups in total. The van der Waals surface area contributed by atoms with E-state index in [0.717, 1.165) is 32.6 Å². The average molecular weight is 327 g/mol. The van der Waals surface area contributed by atoms with E-state index in [2.05, 4.69) is 17.0 Å². The number of aryl methyl sites for hydroxylation is 2. The molecule has 4 nitrogen and oxygen atoms in total.